The minimum absolute atomic E-state index is 0.00626. The van der Waals surface area contributed by atoms with Gasteiger partial charge in [0.2, 0.25) is 0 Å². The van der Waals surface area contributed by atoms with Gasteiger partial charge in [-0.2, -0.15) is 0 Å². The normalized spacial score (nSPS) is 15.8. The van der Waals surface area contributed by atoms with Crippen molar-refractivity contribution in [3.8, 4) is 0 Å². The van der Waals surface area contributed by atoms with Gasteiger partial charge in [-0.1, -0.05) is 30.5 Å². The second kappa shape index (κ2) is 8.98. The van der Waals surface area contributed by atoms with Crippen LogP contribution in [-0.4, -0.2) is 35.2 Å². The fraction of sp³-hybridized carbons (Fsp3) is 0.455. The minimum Gasteiger partial charge on any atom is -0.371 e. The predicted molar refractivity (Wildman–Crippen MR) is 121 cm³/mol. The summed E-state index contributed by atoms with van der Waals surface area (Å²) in [6, 6.07) is 11.4. The first kappa shape index (κ1) is 22.6. The number of anilines is 2. The summed E-state index contributed by atoms with van der Waals surface area (Å²) in [5.74, 6) is 0. The number of nitrogens with one attached hydrogen (secondary N) is 1. The smallest absolute Gasteiger partial charge is 0.261 e. The first-order valence-electron chi connectivity index (χ1n) is 10.3. The third-order valence-electron chi connectivity index (χ3n) is 5.44. The van der Waals surface area contributed by atoms with Gasteiger partial charge in [-0.15, -0.1) is 0 Å². The van der Waals surface area contributed by atoms with Crippen LogP contribution in [0.2, 0.25) is 0 Å². The van der Waals surface area contributed by atoms with Gasteiger partial charge in [-0.3, -0.25) is 4.72 Å². The molecular weight excluding hydrogens is 420 g/mol. The molecular formula is C22H30N2O4S2. The Morgan fingerprint density at radius 2 is 1.47 bits per heavy atom. The van der Waals surface area contributed by atoms with Crippen molar-refractivity contribution in [2.45, 2.75) is 61.5 Å². The van der Waals surface area contributed by atoms with Crippen LogP contribution in [0.5, 0.6) is 0 Å². The fourth-order valence-corrected chi connectivity index (χ4v) is 5.86. The van der Waals surface area contributed by atoms with Crippen LogP contribution >= 0.6 is 0 Å². The number of rotatable bonds is 6. The summed E-state index contributed by atoms with van der Waals surface area (Å²) in [7, 11) is -7.60. The SMILES string of the molecule is Cc1ccc(S(=O)(=O)Nc2cc(N3CCCCCC3)ccc2S(=O)(=O)C(C)C)cc1. The van der Waals surface area contributed by atoms with E-state index in [9.17, 15) is 16.8 Å². The second-order valence-corrected chi connectivity index (χ2v) is 12.2. The molecule has 0 aliphatic carbocycles. The van der Waals surface area contributed by atoms with E-state index in [0.717, 1.165) is 37.2 Å². The van der Waals surface area contributed by atoms with Crippen LogP contribution in [-0.2, 0) is 19.9 Å². The quantitative estimate of drug-likeness (QED) is 0.707. The summed E-state index contributed by atoms with van der Waals surface area (Å²) in [6.07, 6.45) is 4.47. The number of nitrogens with zero attached hydrogens (tertiary/aromatic N) is 1. The van der Waals surface area contributed by atoms with E-state index < -0.39 is 25.1 Å². The van der Waals surface area contributed by atoms with Gasteiger partial charge in [0, 0.05) is 18.8 Å². The highest BCUT2D eigenvalue weighted by atomic mass is 32.2. The summed E-state index contributed by atoms with van der Waals surface area (Å²) in [5, 5.41) is -0.663. The van der Waals surface area contributed by atoms with E-state index in [1.165, 1.54) is 31.0 Å². The highest BCUT2D eigenvalue weighted by molar-refractivity contribution is 7.93. The maximum Gasteiger partial charge on any atom is 0.261 e. The van der Waals surface area contributed by atoms with E-state index in [0.29, 0.717) is 0 Å². The molecule has 0 bridgehead atoms. The highest BCUT2D eigenvalue weighted by Gasteiger charge is 2.26. The molecule has 30 heavy (non-hydrogen) atoms. The first-order valence-corrected chi connectivity index (χ1v) is 13.4. The maximum atomic E-state index is 13.0. The van der Waals surface area contributed by atoms with Crippen LogP contribution in [0, 0.1) is 6.92 Å². The molecule has 8 heteroatoms. The van der Waals surface area contributed by atoms with Crippen LogP contribution in [0.3, 0.4) is 0 Å². The van der Waals surface area contributed by atoms with Crippen LogP contribution < -0.4 is 9.62 Å². The summed E-state index contributed by atoms with van der Waals surface area (Å²) >= 11 is 0. The Balaban J connectivity index is 2.06. The summed E-state index contributed by atoms with van der Waals surface area (Å²) in [4.78, 5) is 2.30. The van der Waals surface area contributed by atoms with E-state index in [1.807, 2.05) is 6.92 Å². The molecule has 1 heterocycles. The Bertz CT molecular complexity index is 1080. The number of benzene rings is 2. The van der Waals surface area contributed by atoms with Crippen LogP contribution in [0.25, 0.3) is 0 Å². The van der Waals surface area contributed by atoms with Crippen molar-refractivity contribution < 1.29 is 16.8 Å². The van der Waals surface area contributed by atoms with Crippen molar-refractivity contribution in [2.75, 3.05) is 22.7 Å². The van der Waals surface area contributed by atoms with Crippen LogP contribution in [0.15, 0.2) is 52.3 Å². The van der Waals surface area contributed by atoms with Gasteiger partial charge in [-0.25, -0.2) is 16.8 Å². The molecule has 0 atom stereocenters. The molecule has 6 nitrogen and oxygen atoms in total. The van der Waals surface area contributed by atoms with Crippen molar-refractivity contribution in [1.82, 2.24) is 0 Å². The van der Waals surface area contributed by atoms with E-state index in [4.69, 9.17) is 0 Å². The monoisotopic (exact) mass is 450 g/mol. The zero-order valence-corrected chi connectivity index (χ0v) is 19.4. The molecule has 1 aliphatic rings. The first-order chi connectivity index (χ1) is 14.1. The molecule has 1 aliphatic heterocycles. The largest absolute Gasteiger partial charge is 0.371 e. The highest BCUT2D eigenvalue weighted by Crippen LogP contribution is 2.32. The zero-order chi connectivity index (χ0) is 21.9. The zero-order valence-electron chi connectivity index (χ0n) is 17.8. The Morgan fingerprint density at radius 3 is 2.03 bits per heavy atom. The average molecular weight is 451 g/mol. The number of hydrogen-bond donors (Lipinski definition) is 1. The number of sulfonamides is 1. The van der Waals surface area contributed by atoms with E-state index in [-0.39, 0.29) is 15.5 Å². The van der Waals surface area contributed by atoms with Gasteiger partial charge >= 0.3 is 0 Å². The standard InChI is InChI=1S/C22H30N2O4S2/c1-17(2)29(25,26)22-13-10-19(24-14-6-4-5-7-15-24)16-21(22)23-30(27,28)20-11-8-18(3)9-12-20/h8-13,16-17,23H,4-7,14-15H2,1-3H3. The molecule has 0 aromatic heterocycles. The Hall–Kier alpha value is -2.06. The molecule has 3 rings (SSSR count). The average Bonchev–Trinajstić information content (AvgIpc) is 2.97. The van der Waals surface area contributed by atoms with Gasteiger partial charge in [0.25, 0.3) is 10.0 Å². The van der Waals surface area contributed by atoms with E-state index >= 15 is 0 Å². The third kappa shape index (κ3) is 4.98. The summed E-state index contributed by atoms with van der Waals surface area (Å²) in [5.41, 5.74) is 1.88. The molecule has 164 valence electrons. The second-order valence-electron chi connectivity index (χ2n) is 8.09. The topological polar surface area (TPSA) is 83.6 Å². The number of sulfone groups is 1. The summed E-state index contributed by atoms with van der Waals surface area (Å²) < 4.78 is 54.3. The molecule has 0 saturated carbocycles. The molecule has 2 aromatic carbocycles. The fourth-order valence-electron chi connectivity index (χ4n) is 3.55. The number of aryl methyl sites for hydroxylation is 1. The van der Waals surface area contributed by atoms with E-state index in [2.05, 4.69) is 9.62 Å². The predicted octanol–water partition coefficient (Wildman–Crippen LogP) is 4.36. The van der Waals surface area contributed by atoms with Crippen LogP contribution in [0.4, 0.5) is 11.4 Å². The molecule has 0 amide bonds. The lowest BCUT2D eigenvalue weighted by Crippen LogP contribution is -2.25. The van der Waals surface area contributed by atoms with Crippen molar-refractivity contribution in [3.05, 3.63) is 48.0 Å². The Kier molecular flexibility index (Phi) is 6.77. The Morgan fingerprint density at radius 1 is 0.867 bits per heavy atom. The molecule has 2 aromatic rings. The van der Waals surface area contributed by atoms with Crippen molar-refractivity contribution >= 4 is 31.2 Å². The van der Waals surface area contributed by atoms with E-state index in [1.54, 1.807) is 38.1 Å². The van der Waals surface area contributed by atoms with Crippen LogP contribution in [0.1, 0.15) is 45.1 Å². The van der Waals surface area contributed by atoms with Gasteiger partial charge < -0.3 is 4.90 Å². The molecule has 0 unspecified atom stereocenters. The lowest BCUT2D eigenvalue weighted by atomic mass is 10.2. The third-order valence-corrected chi connectivity index (χ3v) is 9.03. The van der Waals surface area contributed by atoms with Crippen molar-refractivity contribution in [1.29, 1.82) is 0 Å². The lowest BCUT2D eigenvalue weighted by molar-refractivity contribution is 0.587. The maximum absolute atomic E-state index is 13.0. The lowest BCUT2D eigenvalue weighted by Gasteiger charge is -2.24. The van der Waals surface area contributed by atoms with Crippen molar-refractivity contribution in [2.24, 2.45) is 0 Å². The molecule has 1 N–H and O–H groups in total. The summed E-state index contributed by atoms with van der Waals surface area (Å²) in [6.45, 7) is 6.81. The molecule has 0 spiro atoms. The number of hydrogen-bond acceptors (Lipinski definition) is 5. The molecule has 1 fully saturated rings. The minimum atomic E-state index is -3.93. The molecule has 0 radical (unpaired) electrons. The van der Waals surface area contributed by atoms with Gasteiger partial charge in [0.15, 0.2) is 9.84 Å². The van der Waals surface area contributed by atoms with Gasteiger partial charge in [-0.05, 0) is 63.9 Å². The Labute approximate surface area is 180 Å². The van der Waals surface area contributed by atoms with Crippen molar-refractivity contribution in [3.63, 3.8) is 0 Å². The van der Waals surface area contributed by atoms with Gasteiger partial charge in [0.05, 0.1) is 20.7 Å². The molecule has 1 saturated heterocycles. The van der Waals surface area contributed by atoms with Gasteiger partial charge in [0.1, 0.15) is 0 Å².